The summed E-state index contributed by atoms with van der Waals surface area (Å²) < 4.78 is 10.6. The number of amides is 2. The fraction of sp³-hybridized carbons (Fsp3) is 0.250. The third-order valence-corrected chi connectivity index (χ3v) is 4.77. The van der Waals surface area contributed by atoms with Crippen molar-refractivity contribution >= 4 is 17.5 Å². The fourth-order valence-corrected chi connectivity index (χ4v) is 3.39. The summed E-state index contributed by atoms with van der Waals surface area (Å²) in [6, 6.07) is 14.6. The summed E-state index contributed by atoms with van der Waals surface area (Å²) in [5.41, 5.74) is 1.88. The Morgan fingerprint density at radius 3 is 2.52 bits per heavy atom. The molecule has 0 aromatic heterocycles. The van der Waals surface area contributed by atoms with Gasteiger partial charge in [-0.25, -0.2) is 0 Å². The number of carbonyl (C=O) groups excluding carboxylic acids is 2. The second-order valence-electron chi connectivity index (χ2n) is 6.29. The number of fused-ring (bicyclic) bond motifs is 1. The van der Waals surface area contributed by atoms with E-state index in [2.05, 4.69) is 5.16 Å². The van der Waals surface area contributed by atoms with Crippen LogP contribution in [0.3, 0.4) is 0 Å². The molecule has 138 valence electrons. The van der Waals surface area contributed by atoms with E-state index >= 15 is 0 Å². The molecule has 0 unspecified atom stereocenters. The number of benzene rings is 2. The summed E-state index contributed by atoms with van der Waals surface area (Å²) in [6.07, 6.45) is -0.928. The van der Waals surface area contributed by atoms with E-state index in [1.165, 1.54) is 12.0 Å². The van der Waals surface area contributed by atoms with Gasteiger partial charge in [0.2, 0.25) is 12.0 Å². The number of rotatable bonds is 5. The van der Waals surface area contributed by atoms with Gasteiger partial charge in [0.05, 0.1) is 20.8 Å². The minimum atomic E-state index is -0.928. The number of oxime groups is 1. The molecule has 0 saturated carbocycles. The van der Waals surface area contributed by atoms with Crippen molar-refractivity contribution < 1.29 is 23.9 Å². The van der Waals surface area contributed by atoms with E-state index in [1.54, 1.807) is 25.3 Å². The second-order valence-corrected chi connectivity index (χ2v) is 6.29. The maximum atomic E-state index is 13.0. The summed E-state index contributed by atoms with van der Waals surface area (Å²) >= 11 is 0. The first-order valence-corrected chi connectivity index (χ1v) is 8.49. The van der Waals surface area contributed by atoms with Gasteiger partial charge >= 0.3 is 0 Å². The van der Waals surface area contributed by atoms with Crippen molar-refractivity contribution in [3.63, 3.8) is 0 Å². The fourth-order valence-electron chi connectivity index (χ4n) is 3.39. The Balaban J connectivity index is 1.64. The van der Waals surface area contributed by atoms with E-state index in [9.17, 15) is 9.59 Å². The lowest BCUT2D eigenvalue weighted by molar-refractivity contribution is -0.142. The van der Waals surface area contributed by atoms with Crippen LogP contribution in [0.15, 0.2) is 53.7 Å². The van der Waals surface area contributed by atoms with Crippen molar-refractivity contribution in [2.45, 2.75) is 12.6 Å². The summed E-state index contributed by atoms with van der Waals surface area (Å²) in [7, 11) is 3.08. The topological polar surface area (TPSA) is 77.4 Å². The normalized spacial score (nSPS) is 21.0. The van der Waals surface area contributed by atoms with Crippen LogP contribution in [0.25, 0.3) is 0 Å². The predicted octanol–water partition coefficient (Wildman–Crippen LogP) is 1.99. The zero-order valence-corrected chi connectivity index (χ0v) is 14.9. The summed E-state index contributed by atoms with van der Waals surface area (Å²) in [5.74, 6) is -0.350. The molecule has 1 fully saturated rings. The highest BCUT2D eigenvalue weighted by Gasteiger charge is 2.55. The summed E-state index contributed by atoms with van der Waals surface area (Å²) in [5, 5.41) is 4.02. The molecule has 7 heteroatoms. The Morgan fingerprint density at radius 1 is 1.04 bits per heavy atom. The quantitative estimate of drug-likeness (QED) is 0.757. The minimum absolute atomic E-state index is 0.210. The Bertz CT molecular complexity index is 925. The van der Waals surface area contributed by atoms with Gasteiger partial charge in [0.15, 0.2) is 0 Å². The molecule has 7 nitrogen and oxygen atoms in total. The molecule has 2 aromatic carbocycles. The van der Waals surface area contributed by atoms with Gasteiger partial charge in [-0.05, 0) is 17.7 Å². The van der Waals surface area contributed by atoms with Crippen LogP contribution in [0.5, 0.6) is 11.5 Å². The van der Waals surface area contributed by atoms with Crippen LogP contribution in [0.1, 0.15) is 11.1 Å². The van der Waals surface area contributed by atoms with E-state index in [0.717, 1.165) is 5.56 Å². The third-order valence-electron chi connectivity index (χ3n) is 4.77. The van der Waals surface area contributed by atoms with E-state index in [-0.39, 0.29) is 18.4 Å². The molecular formula is C20H18N2O5. The number of ether oxygens (including phenoxy) is 2. The van der Waals surface area contributed by atoms with Gasteiger partial charge in [-0.2, -0.15) is 0 Å². The lowest BCUT2D eigenvalue weighted by atomic mass is 9.93. The maximum absolute atomic E-state index is 13.0. The third kappa shape index (κ3) is 2.81. The van der Waals surface area contributed by atoms with Gasteiger partial charge in [0.25, 0.3) is 5.91 Å². The van der Waals surface area contributed by atoms with Gasteiger partial charge in [-0.3, -0.25) is 14.5 Å². The van der Waals surface area contributed by atoms with Crippen molar-refractivity contribution in [1.82, 2.24) is 4.90 Å². The highest BCUT2D eigenvalue weighted by Crippen LogP contribution is 2.36. The lowest BCUT2D eigenvalue weighted by Gasteiger charge is -2.16. The maximum Gasteiger partial charge on any atom is 0.274 e. The molecule has 2 atom stereocenters. The highest BCUT2D eigenvalue weighted by atomic mass is 16.7. The number of likely N-dealkylation sites (tertiary alicyclic amines) is 1. The second kappa shape index (κ2) is 6.75. The van der Waals surface area contributed by atoms with Crippen LogP contribution in [0.2, 0.25) is 0 Å². The van der Waals surface area contributed by atoms with Gasteiger partial charge in [-0.1, -0.05) is 35.5 Å². The largest absolute Gasteiger partial charge is 0.497 e. The van der Waals surface area contributed by atoms with Gasteiger partial charge < -0.3 is 14.3 Å². The van der Waals surface area contributed by atoms with Crippen molar-refractivity contribution in [3.05, 3.63) is 59.7 Å². The van der Waals surface area contributed by atoms with Crippen LogP contribution in [-0.2, 0) is 21.0 Å². The molecule has 2 heterocycles. The van der Waals surface area contributed by atoms with Crippen LogP contribution in [0, 0.1) is 5.92 Å². The van der Waals surface area contributed by atoms with Gasteiger partial charge in [0.1, 0.15) is 23.1 Å². The van der Waals surface area contributed by atoms with Crippen molar-refractivity contribution in [2.24, 2.45) is 11.1 Å². The van der Waals surface area contributed by atoms with E-state index < -0.39 is 12.0 Å². The zero-order chi connectivity index (χ0) is 19.0. The van der Waals surface area contributed by atoms with Crippen molar-refractivity contribution in [3.8, 4) is 11.5 Å². The molecule has 0 aliphatic carbocycles. The number of nitrogens with zero attached hydrogens (tertiary/aromatic N) is 2. The van der Waals surface area contributed by atoms with E-state index in [0.29, 0.717) is 22.8 Å². The molecule has 2 amide bonds. The Hall–Kier alpha value is -3.35. The van der Waals surface area contributed by atoms with Gasteiger partial charge in [-0.15, -0.1) is 0 Å². The molecule has 0 bridgehead atoms. The van der Waals surface area contributed by atoms with E-state index in [1.807, 2.05) is 30.3 Å². The number of hydrogen-bond donors (Lipinski definition) is 0. The summed E-state index contributed by atoms with van der Waals surface area (Å²) in [6.45, 7) is 0.210. The Kier molecular flexibility index (Phi) is 4.27. The van der Waals surface area contributed by atoms with E-state index in [4.69, 9.17) is 14.3 Å². The first-order valence-electron chi connectivity index (χ1n) is 8.49. The smallest absolute Gasteiger partial charge is 0.274 e. The molecule has 1 saturated heterocycles. The van der Waals surface area contributed by atoms with Crippen LogP contribution in [0.4, 0.5) is 0 Å². The number of carbonyl (C=O) groups is 2. The first kappa shape index (κ1) is 17.1. The first-order chi connectivity index (χ1) is 13.1. The standard InChI is InChI=1S/C20H18N2O5/c1-25-13-8-9-14(15(10-13)26-2)17-16-18(27-21-17)20(24)22(19(16)23)11-12-6-4-3-5-7-12/h3-10,16,18H,11H2,1-2H3/t16-,18+/m0/s1. The SMILES string of the molecule is COc1ccc(C2=NO[C@H]3C(=O)N(Cc4ccccc4)C(=O)[C@@H]23)c(OC)c1. The molecular weight excluding hydrogens is 348 g/mol. The average Bonchev–Trinajstić information content (AvgIpc) is 3.24. The van der Waals surface area contributed by atoms with Crippen LogP contribution >= 0.6 is 0 Å². The molecule has 0 spiro atoms. The molecule has 27 heavy (non-hydrogen) atoms. The number of imide groups is 1. The highest BCUT2D eigenvalue weighted by molar-refractivity contribution is 6.23. The molecule has 4 rings (SSSR count). The predicted molar refractivity (Wildman–Crippen MR) is 96.4 cm³/mol. The summed E-state index contributed by atoms with van der Waals surface area (Å²) in [4.78, 5) is 32.2. The van der Waals surface area contributed by atoms with Gasteiger partial charge in [0, 0.05) is 11.6 Å². The Morgan fingerprint density at radius 2 is 1.81 bits per heavy atom. The molecule has 2 aromatic rings. The molecule has 2 aliphatic rings. The lowest BCUT2D eigenvalue weighted by Crippen LogP contribution is -2.32. The number of methoxy groups -OCH3 is 2. The molecule has 0 radical (unpaired) electrons. The van der Waals surface area contributed by atoms with Crippen LogP contribution in [-0.4, -0.2) is 42.7 Å². The Labute approximate surface area is 156 Å². The molecule has 2 aliphatic heterocycles. The van der Waals surface area contributed by atoms with Crippen LogP contribution < -0.4 is 9.47 Å². The monoisotopic (exact) mass is 366 g/mol. The molecule has 0 N–H and O–H groups in total. The van der Waals surface area contributed by atoms with Crippen molar-refractivity contribution in [2.75, 3.05) is 14.2 Å². The average molecular weight is 366 g/mol. The van der Waals surface area contributed by atoms with Crippen molar-refractivity contribution in [1.29, 1.82) is 0 Å². The number of hydrogen-bond acceptors (Lipinski definition) is 6. The zero-order valence-electron chi connectivity index (χ0n) is 14.9. The minimum Gasteiger partial charge on any atom is -0.497 e.